The van der Waals surface area contributed by atoms with Crippen molar-refractivity contribution in [3.8, 4) is 0 Å². The number of rotatable bonds is 7. The molecule has 1 aromatic heterocycles. The lowest BCUT2D eigenvalue weighted by molar-refractivity contribution is -0.127. The first kappa shape index (κ1) is 22.1. The molecule has 2 atom stereocenters. The predicted octanol–water partition coefficient (Wildman–Crippen LogP) is 4.79. The zero-order chi connectivity index (χ0) is 22.5. The molecule has 32 heavy (non-hydrogen) atoms. The molecule has 0 radical (unpaired) electrons. The Morgan fingerprint density at radius 2 is 1.72 bits per heavy atom. The van der Waals surface area contributed by atoms with E-state index in [1.165, 1.54) is 5.56 Å². The first-order valence-corrected chi connectivity index (χ1v) is 11.7. The third-order valence-corrected chi connectivity index (χ3v) is 6.81. The molecule has 2 heterocycles. The monoisotopic (exact) mass is 431 g/mol. The number of carbonyl (C=O) groups excluding carboxylic acids is 2. The van der Waals surface area contributed by atoms with Crippen molar-refractivity contribution in [1.82, 2.24) is 15.2 Å². The number of hydrogen-bond donors (Lipinski definition) is 2. The number of amides is 2. The lowest BCUT2D eigenvalue weighted by atomic mass is 9.84. The van der Waals surface area contributed by atoms with E-state index in [1.54, 1.807) is 0 Å². The molecule has 5 heteroatoms. The van der Waals surface area contributed by atoms with Crippen molar-refractivity contribution in [1.29, 1.82) is 0 Å². The maximum absolute atomic E-state index is 12.9. The number of fused-ring (bicyclic) bond motifs is 1. The van der Waals surface area contributed by atoms with E-state index in [4.69, 9.17) is 0 Å². The molecule has 5 nitrogen and oxygen atoms in total. The Hall–Kier alpha value is -3.08. The van der Waals surface area contributed by atoms with E-state index in [0.29, 0.717) is 24.7 Å². The van der Waals surface area contributed by atoms with Crippen LogP contribution in [0.2, 0.25) is 0 Å². The summed E-state index contributed by atoms with van der Waals surface area (Å²) >= 11 is 0. The Kier molecular flexibility index (Phi) is 6.93. The number of aromatic nitrogens is 1. The minimum atomic E-state index is -0.0421. The third-order valence-electron chi connectivity index (χ3n) is 6.81. The lowest BCUT2D eigenvalue weighted by Crippen LogP contribution is -2.44. The second kappa shape index (κ2) is 10.0. The van der Waals surface area contributed by atoms with Crippen LogP contribution in [0.3, 0.4) is 0 Å². The summed E-state index contributed by atoms with van der Waals surface area (Å²) in [4.78, 5) is 30.9. The Morgan fingerprint density at radius 1 is 1.03 bits per heavy atom. The molecule has 3 aromatic rings. The van der Waals surface area contributed by atoms with Gasteiger partial charge in [0, 0.05) is 36.0 Å². The topological polar surface area (TPSA) is 65.2 Å². The molecule has 0 saturated carbocycles. The van der Waals surface area contributed by atoms with Crippen molar-refractivity contribution in [2.24, 2.45) is 11.8 Å². The van der Waals surface area contributed by atoms with E-state index >= 15 is 0 Å². The van der Waals surface area contributed by atoms with Crippen LogP contribution in [0, 0.1) is 11.8 Å². The summed E-state index contributed by atoms with van der Waals surface area (Å²) in [5.74, 6) is 0.444. The first-order chi connectivity index (χ1) is 15.5. The van der Waals surface area contributed by atoms with E-state index < -0.39 is 0 Å². The summed E-state index contributed by atoms with van der Waals surface area (Å²) in [7, 11) is 0. The van der Waals surface area contributed by atoms with Crippen LogP contribution >= 0.6 is 0 Å². The number of hydrogen-bond acceptors (Lipinski definition) is 2. The number of carbonyl (C=O) groups is 2. The number of piperidine rings is 1. The number of aryl methyl sites for hydroxylation is 1. The molecular weight excluding hydrogens is 398 g/mol. The van der Waals surface area contributed by atoms with Gasteiger partial charge in [-0.3, -0.25) is 9.59 Å². The number of para-hydroxylation sites is 1. The summed E-state index contributed by atoms with van der Waals surface area (Å²) in [5.41, 5.74) is 2.92. The van der Waals surface area contributed by atoms with Crippen molar-refractivity contribution in [2.75, 3.05) is 13.1 Å². The predicted molar refractivity (Wildman–Crippen MR) is 128 cm³/mol. The van der Waals surface area contributed by atoms with Gasteiger partial charge in [-0.05, 0) is 56.2 Å². The summed E-state index contributed by atoms with van der Waals surface area (Å²) in [6.45, 7) is 5.49. The van der Waals surface area contributed by atoms with Gasteiger partial charge in [0.2, 0.25) is 5.91 Å². The van der Waals surface area contributed by atoms with Gasteiger partial charge in [-0.2, -0.15) is 0 Å². The van der Waals surface area contributed by atoms with Crippen molar-refractivity contribution in [3.63, 3.8) is 0 Å². The van der Waals surface area contributed by atoms with Gasteiger partial charge < -0.3 is 15.2 Å². The lowest BCUT2D eigenvalue weighted by Gasteiger charge is -2.34. The summed E-state index contributed by atoms with van der Waals surface area (Å²) in [6, 6.07) is 20.4. The Labute approximate surface area is 190 Å². The average Bonchev–Trinajstić information content (AvgIpc) is 3.27. The Morgan fingerprint density at radius 3 is 2.44 bits per heavy atom. The highest BCUT2D eigenvalue weighted by Crippen LogP contribution is 2.27. The van der Waals surface area contributed by atoms with Crippen LogP contribution in [0.4, 0.5) is 0 Å². The summed E-state index contributed by atoms with van der Waals surface area (Å²) in [6.07, 6.45) is 3.61. The molecule has 2 N–H and O–H groups in total. The maximum Gasteiger partial charge on any atom is 0.270 e. The molecular formula is C27H33N3O2. The highest BCUT2D eigenvalue weighted by Gasteiger charge is 2.31. The van der Waals surface area contributed by atoms with Crippen molar-refractivity contribution >= 4 is 22.7 Å². The Bertz CT molecular complexity index is 1020. The van der Waals surface area contributed by atoms with Crippen molar-refractivity contribution < 1.29 is 9.59 Å². The van der Waals surface area contributed by atoms with Gasteiger partial charge in [0.05, 0.1) is 0 Å². The average molecular weight is 432 g/mol. The highest BCUT2D eigenvalue weighted by molar-refractivity contribution is 5.98. The van der Waals surface area contributed by atoms with Crippen molar-refractivity contribution in [2.45, 2.75) is 45.6 Å². The van der Waals surface area contributed by atoms with Crippen LogP contribution in [-0.2, 0) is 11.2 Å². The van der Waals surface area contributed by atoms with Crippen LogP contribution < -0.4 is 5.32 Å². The minimum Gasteiger partial charge on any atom is -0.353 e. The van der Waals surface area contributed by atoms with Crippen LogP contribution in [-0.4, -0.2) is 40.8 Å². The van der Waals surface area contributed by atoms with Gasteiger partial charge in [0.25, 0.3) is 5.91 Å². The minimum absolute atomic E-state index is 0.0421. The van der Waals surface area contributed by atoms with E-state index in [2.05, 4.69) is 41.5 Å². The van der Waals surface area contributed by atoms with Gasteiger partial charge >= 0.3 is 0 Å². The molecule has 1 aliphatic rings. The van der Waals surface area contributed by atoms with Crippen LogP contribution in [0.15, 0.2) is 60.7 Å². The number of likely N-dealkylation sites (tertiary alicyclic amines) is 1. The fourth-order valence-electron chi connectivity index (χ4n) is 4.65. The number of nitrogens with one attached hydrogen (secondary N) is 2. The maximum atomic E-state index is 12.9. The largest absolute Gasteiger partial charge is 0.353 e. The van der Waals surface area contributed by atoms with Gasteiger partial charge in [-0.25, -0.2) is 0 Å². The molecule has 1 fully saturated rings. The van der Waals surface area contributed by atoms with E-state index in [9.17, 15) is 9.59 Å². The molecule has 0 bridgehead atoms. The first-order valence-electron chi connectivity index (χ1n) is 11.7. The highest BCUT2D eigenvalue weighted by atomic mass is 16.2. The number of H-pyrrole nitrogens is 1. The quantitative estimate of drug-likeness (QED) is 0.565. The normalized spacial score (nSPS) is 16.6. The number of nitrogens with zero attached hydrogens (tertiary/aromatic N) is 1. The molecule has 4 rings (SSSR count). The molecule has 2 amide bonds. The summed E-state index contributed by atoms with van der Waals surface area (Å²) < 4.78 is 0. The molecule has 1 aliphatic heterocycles. The number of aromatic amines is 1. The molecule has 1 saturated heterocycles. The van der Waals surface area contributed by atoms with Gasteiger partial charge in [-0.1, -0.05) is 55.5 Å². The van der Waals surface area contributed by atoms with Gasteiger partial charge in [0.1, 0.15) is 5.69 Å². The number of benzene rings is 2. The summed E-state index contributed by atoms with van der Waals surface area (Å²) in [5, 5.41) is 4.25. The zero-order valence-electron chi connectivity index (χ0n) is 19.0. The van der Waals surface area contributed by atoms with E-state index in [-0.39, 0.29) is 23.8 Å². The van der Waals surface area contributed by atoms with Crippen LogP contribution in [0.25, 0.3) is 10.9 Å². The Balaban J connectivity index is 1.24. The molecule has 0 spiro atoms. The fraction of sp³-hybridized carbons (Fsp3) is 0.407. The van der Waals surface area contributed by atoms with Crippen molar-refractivity contribution in [3.05, 3.63) is 71.9 Å². The third kappa shape index (κ3) is 5.21. The van der Waals surface area contributed by atoms with E-state index in [1.807, 2.05) is 48.2 Å². The zero-order valence-corrected chi connectivity index (χ0v) is 19.0. The van der Waals surface area contributed by atoms with Gasteiger partial charge in [0.15, 0.2) is 0 Å². The molecule has 168 valence electrons. The molecule has 0 aliphatic carbocycles. The smallest absolute Gasteiger partial charge is 0.270 e. The van der Waals surface area contributed by atoms with Crippen LogP contribution in [0.5, 0.6) is 0 Å². The SMILES string of the molecule is C[C@H](C(=O)N[C@@H](C)CCc1ccccc1)C1CCN(C(=O)c2cc3ccccc3[nH]2)CC1. The van der Waals surface area contributed by atoms with Gasteiger partial charge in [-0.15, -0.1) is 0 Å². The molecule has 2 aromatic carbocycles. The van der Waals surface area contributed by atoms with Crippen LogP contribution in [0.1, 0.15) is 49.2 Å². The second-order valence-electron chi connectivity index (χ2n) is 9.12. The second-order valence-corrected chi connectivity index (χ2v) is 9.12. The van der Waals surface area contributed by atoms with E-state index in [0.717, 1.165) is 36.6 Å². The fourth-order valence-corrected chi connectivity index (χ4v) is 4.65. The molecule has 0 unspecified atom stereocenters. The standard InChI is InChI=1S/C27H33N3O2/c1-19(12-13-21-8-4-3-5-9-21)28-26(31)20(2)22-14-16-30(17-15-22)27(32)25-18-23-10-6-7-11-24(23)29-25/h3-11,18-20,22,29H,12-17H2,1-2H3,(H,28,31)/t19-,20-/m0/s1.